The van der Waals surface area contributed by atoms with Crippen molar-refractivity contribution < 1.29 is 19.4 Å². The summed E-state index contributed by atoms with van der Waals surface area (Å²) in [4.78, 5) is 22.6. The summed E-state index contributed by atoms with van der Waals surface area (Å²) in [5.41, 5.74) is 0. The molecule has 6 nitrogen and oxygen atoms in total. The van der Waals surface area contributed by atoms with Crippen LogP contribution >= 0.6 is 0 Å². The minimum Gasteiger partial charge on any atom is -0.480 e. The highest BCUT2D eigenvalue weighted by Gasteiger charge is 2.28. The molecule has 2 N–H and O–H groups in total. The Kier molecular flexibility index (Phi) is 4.91. The van der Waals surface area contributed by atoms with Crippen LogP contribution in [-0.2, 0) is 14.3 Å². The summed E-state index contributed by atoms with van der Waals surface area (Å²) in [6.07, 6.45) is 0.733. The number of hydrogen-bond donors (Lipinski definition) is 2. The maximum Gasteiger partial charge on any atom is 0.326 e. The Labute approximate surface area is 99.6 Å². The molecule has 1 heterocycles. The van der Waals surface area contributed by atoms with Gasteiger partial charge in [-0.25, -0.2) is 4.79 Å². The van der Waals surface area contributed by atoms with E-state index >= 15 is 0 Å². The first-order valence-electron chi connectivity index (χ1n) is 5.55. The summed E-state index contributed by atoms with van der Waals surface area (Å²) in [6, 6.07) is 0.952. The van der Waals surface area contributed by atoms with E-state index in [0.29, 0.717) is 19.6 Å². The number of nitrogens with zero attached hydrogens (tertiary/aromatic N) is 1. The summed E-state index contributed by atoms with van der Waals surface area (Å²) in [6.45, 7) is 2.50. The first-order valence-corrected chi connectivity index (χ1v) is 5.55. The van der Waals surface area contributed by atoms with Crippen LogP contribution in [0.25, 0.3) is 0 Å². The summed E-state index contributed by atoms with van der Waals surface area (Å²) in [5, 5.41) is 20.0. The first-order chi connectivity index (χ1) is 8.04. The Balaban J connectivity index is 2.51. The summed E-state index contributed by atoms with van der Waals surface area (Å²) >= 11 is 0. The smallest absolute Gasteiger partial charge is 0.326 e. The molecule has 0 unspecified atom stereocenters. The molecule has 3 atom stereocenters. The van der Waals surface area contributed by atoms with Crippen molar-refractivity contribution in [1.82, 2.24) is 5.32 Å². The highest BCUT2D eigenvalue weighted by Crippen LogP contribution is 2.13. The fourth-order valence-corrected chi connectivity index (χ4v) is 1.66. The molecule has 0 aromatic carbocycles. The molecule has 1 rings (SSSR count). The number of carboxylic acid groups (broad SMARTS) is 1. The van der Waals surface area contributed by atoms with E-state index in [1.165, 1.54) is 0 Å². The van der Waals surface area contributed by atoms with E-state index in [2.05, 4.69) is 5.32 Å². The topological polar surface area (TPSA) is 99.4 Å². The molecule has 1 amide bonds. The van der Waals surface area contributed by atoms with E-state index in [4.69, 9.17) is 15.1 Å². The number of rotatable bonds is 5. The van der Waals surface area contributed by atoms with Crippen molar-refractivity contribution in [2.45, 2.75) is 25.8 Å². The molecular formula is C11H16N2O4. The van der Waals surface area contributed by atoms with Gasteiger partial charge in [0.25, 0.3) is 0 Å². The molecule has 0 radical (unpaired) electrons. The fourth-order valence-electron chi connectivity index (χ4n) is 1.66. The van der Waals surface area contributed by atoms with E-state index in [1.54, 1.807) is 6.92 Å². The van der Waals surface area contributed by atoms with Crippen LogP contribution < -0.4 is 5.32 Å². The molecule has 0 bridgehead atoms. The predicted octanol–water partition coefficient (Wildman–Crippen LogP) is 0.142. The average molecular weight is 240 g/mol. The van der Waals surface area contributed by atoms with Crippen molar-refractivity contribution in [3.63, 3.8) is 0 Å². The lowest BCUT2D eigenvalue weighted by atomic mass is 10.0. The second-order valence-electron chi connectivity index (χ2n) is 4.23. The van der Waals surface area contributed by atoms with Crippen LogP contribution in [0.4, 0.5) is 0 Å². The van der Waals surface area contributed by atoms with Crippen LogP contribution in [0.5, 0.6) is 0 Å². The molecular weight excluding hydrogens is 224 g/mol. The SMILES string of the molecule is C[C@@H](C#N)C[C@H](NC(=O)[C@H]1CCOC1)C(=O)O. The minimum atomic E-state index is -1.11. The van der Waals surface area contributed by atoms with Gasteiger partial charge in [0.15, 0.2) is 0 Å². The van der Waals surface area contributed by atoms with Gasteiger partial charge >= 0.3 is 5.97 Å². The molecule has 1 fully saturated rings. The Morgan fingerprint density at radius 2 is 2.35 bits per heavy atom. The number of hydrogen-bond acceptors (Lipinski definition) is 4. The van der Waals surface area contributed by atoms with Crippen molar-refractivity contribution in [3.05, 3.63) is 0 Å². The molecule has 17 heavy (non-hydrogen) atoms. The van der Waals surface area contributed by atoms with Gasteiger partial charge in [0, 0.05) is 12.5 Å². The maximum absolute atomic E-state index is 11.7. The molecule has 1 aliphatic heterocycles. The summed E-state index contributed by atoms with van der Waals surface area (Å²) in [7, 11) is 0. The van der Waals surface area contributed by atoms with E-state index in [9.17, 15) is 9.59 Å². The molecule has 0 aromatic heterocycles. The molecule has 0 aliphatic carbocycles. The highest BCUT2D eigenvalue weighted by atomic mass is 16.5. The number of ether oxygens (including phenoxy) is 1. The summed E-state index contributed by atoms with van der Waals surface area (Å²) < 4.78 is 5.06. The average Bonchev–Trinajstić information content (AvgIpc) is 2.81. The van der Waals surface area contributed by atoms with Gasteiger partial charge in [0.1, 0.15) is 6.04 Å². The Hall–Kier alpha value is -1.61. The molecule has 0 spiro atoms. The van der Waals surface area contributed by atoms with Gasteiger partial charge in [-0.1, -0.05) is 0 Å². The van der Waals surface area contributed by atoms with E-state index < -0.39 is 17.9 Å². The molecule has 94 valence electrons. The van der Waals surface area contributed by atoms with Gasteiger partial charge in [0.2, 0.25) is 5.91 Å². The van der Waals surface area contributed by atoms with Crippen LogP contribution in [0.15, 0.2) is 0 Å². The fraction of sp³-hybridized carbons (Fsp3) is 0.727. The largest absolute Gasteiger partial charge is 0.480 e. The zero-order valence-electron chi connectivity index (χ0n) is 9.68. The molecule has 1 aliphatic rings. The highest BCUT2D eigenvalue weighted by molar-refractivity contribution is 5.85. The molecule has 1 saturated heterocycles. The quantitative estimate of drug-likeness (QED) is 0.712. The number of amides is 1. The van der Waals surface area contributed by atoms with E-state index in [-0.39, 0.29) is 18.2 Å². The predicted molar refractivity (Wildman–Crippen MR) is 57.9 cm³/mol. The minimum absolute atomic E-state index is 0.116. The van der Waals surface area contributed by atoms with Gasteiger partial charge in [-0.05, 0) is 19.8 Å². The standard InChI is InChI=1S/C11H16N2O4/c1-7(5-12)4-9(11(15)16)13-10(14)8-2-3-17-6-8/h7-9H,2-4,6H2,1H3,(H,13,14)(H,15,16)/t7-,8+,9+/m1/s1. The van der Waals surface area contributed by atoms with Crippen LogP contribution in [-0.4, -0.2) is 36.2 Å². The Bertz CT molecular complexity index is 331. The molecule has 6 heteroatoms. The second-order valence-corrected chi connectivity index (χ2v) is 4.23. The van der Waals surface area contributed by atoms with Crippen molar-refractivity contribution in [2.75, 3.05) is 13.2 Å². The number of carbonyl (C=O) groups excluding carboxylic acids is 1. The summed E-state index contributed by atoms with van der Waals surface area (Å²) in [5.74, 6) is -2.09. The van der Waals surface area contributed by atoms with Gasteiger partial charge in [-0.15, -0.1) is 0 Å². The lowest BCUT2D eigenvalue weighted by Crippen LogP contribution is -2.44. The Morgan fingerprint density at radius 1 is 1.65 bits per heavy atom. The second kappa shape index (κ2) is 6.21. The monoisotopic (exact) mass is 240 g/mol. The molecule has 0 aromatic rings. The number of nitriles is 1. The van der Waals surface area contributed by atoms with Gasteiger partial charge in [-0.3, -0.25) is 4.79 Å². The Morgan fingerprint density at radius 3 is 2.82 bits per heavy atom. The third kappa shape index (κ3) is 4.04. The maximum atomic E-state index is 11.7. The normalized spacial score (nSPS) is 22.5. The number of nitrogens with one attached hydrogen (secondary N) is 1. The zero-order valence-corrected chi connectivity index (χ0v) is 9.68. The van der Waals surface area contributed by atoms with Crippen molar-refractivity contribution in [2.24, 2.45) is 11.8 Å². The number of carboxylic acids is 1. The van der Waals surface area contributed by atoms with Gasteiger partial charge in [-0.2, -0.15) is 5.26 Å². The lowest BCUT2D eigenvalue weighted by molar-refractivity contribution is -0.142. The van der Waals surface area contributed by atoms with Crippen LogP contribution in [0, 0.1) is 23.2 Å². The van der Waals surface area contributed by atoms with E-state index in [1.807, 2.05) is 6.07 Å². The third-order valence-corrected chi connectivity index (χ3v) is 2.72. The van der Waals surface area contributed by atoms with Crippen LogP contribution in [0.1, 0.15) is 19.8 Å². The van der Waals surface area contributed by atoms with Crippen molar-refractivity contribution in [1.29, 1.82) is 5.26 Å². The van der Waals surface area contributed by atoms with Crippen LogP contribution in [0.3, 0.4) is 0 Å². The molecule has 0 saturated carbocycles. The lowest BCUT2D eigenvalue weighted by Gasteiger charge is -2.17. The first kappa shape index (κ1) is 13.5. The number of carbonyl (C=O) groups is 2. The zero-order chi connectivity index (χ0) is 12.8. The van der Waals surface area contributed by atoms with Crippen LogP contribution in [0.2, 0.25) is 0 Å². The van der Waals surface area contributed by atoms with Crippen molar-refractivity contribution >= 4 is 11.9 Å². The van der Waals surface area contributed by atoms with E-state index in [0.717, 1.165) is 0 Å². The van der Waals surface area contributed by atoms with Gasteiger partial charge in [0.05, 0.1) is 18.6 Å². The van der Waals surface area contributed by atoms with Crippen molar-refractivity contribution in [3.8, 4) is 6.07 Å². The van der Waals surface area contributed by atoms with Gasteiger partial charge < -0.3 is 15.2 Å². The number of aliphatic carboxylic acids is 1. The third-order valence-electron chi connectivity index (χ3n) is 2.72.